The Kier molecular flexibility index (Phi) is 8.58. The maximum atomic E-state index is 12.5. The predicted molar refractivity (Wildman–Crippen MR) is 120 cm³/mol. The van der Waals surface area contributed by atoms with Gasteiger partial charge in [-0.25, -0.2) is 23.2 Å². The lowest BCUT2D eigenvalue weighted by Crippen LogP contribution is -2.21. The second-order valence-electron chi connectivity index (χ2n) is 6.40. The van der Waals surface area contributed by atoms with Crippen LogP contribution in [0.5, 0.6) is 0 Å². The summed E-state index contributed by atoms with van der Waals surface area (Å²) in [7, 11) is -3.80. The molecule has 2 aromatic heterocycles. The molecular formula is C19H16ClF3N4O5S2. The number of anilines is 2. The molecule has 0 saturated carbocycles. The number of nitrogens with zero attached hydrogens (tertiary/aromatic N) is 2. The third-order valence-corrected chi connectivity index (χ3v) is 6.53. The molecule has 0 bridgehead atoms. The first-order valence-corrected chi connectivity index (χ1v) is 11.7. The lowest BCUT2D eigenvalue weighted by molar-refractivity contribution is -0.192. The number of carboxylic acid groups (broad SMARTS) is 1. The van der Waals surface area contributed by atoms with Crippen LogP contribution in [0.15, 0.2) is 47.5 Å². The van der Waals surface area contributed by atoms with Gasteiger partial charge in [-0.05, 0) is 25.1 Å². The van der Waals surface area contributed by atoms with Crippen molar-refractivity contribution >= 4 is 55.7 Å². The van der Waals surface area contributed by atoms with Gasteiger partial charge < -0.3 is 10.4 Å². The van der Waals surface area contributed by atoms with Gasteiger partial charge in [-0.1, -0.05) is 41.1 Å². The average Bonchev–Trinajstić information content (AvgIpc) is 3.09. The number of alkyl halides is 3. The Labute approximate surface area is 200 Å². The summed E-state index contributed by atoms with van der Waals surface area (Å²) in [5, 5.41) is 10.2. The molecule has 0 radical (unpaired) electrons. The first-order valence-electron chi connectivity index (χ1n) is 8.99. The van der Waals surface area contributed by atoms with Gasteiger partial charge >= 0.3 is 12.1 Å². The fourth-order valence-corrected chi connectivity index (χ4v) is 4.59. The minimum absolute atomic E-state index is 0.0301. The topological polar surface area (TPSA) is 138 Å². The number of aliphatic carboxylic acids is 1. The minimum Gasteiger partial charge on any atom is -0.475 e. The number of carbonyl (C=O) groups excluding carboxylic acids is 1. The molecule has 3 N–H and O–H groups in total. The first-order chi connectivity index (χ1) is 15.7. The number of rotatable bonds is 5. The van der Waals surface area contributed by atoms with Crippen LogP contribution in [0.4, 0.5) is 24.0 Å². The van der Waals surface area contributed by atoms with Gasteiger partial charge in [0.1, 0.15) is 0 Å². The van der Waals surface area contributed by atoms with Crippen molar-refractivity contribution < 1.29 is 36.3 Å². The molecular weight excluding hydrogens is 521 g/mol. The van der Waals surface area contributed by atoms with E-state index in [1.54, 1.807) is 31.2 Å². The van der Waals surface area contributed by atoms with Gasteiger partial charge in [0.15, 0.2) is 10.3 Å². The molecule has 0 atom stereocenters. The summed E-state index contributed by atoms with van der Waals surface area (Å²) < 4.78 is 59.3. The van der Waals surface area contributed by atoms with E-state index in [-0.39, 0.29) is 21.6 Å². The van der Waals surface area contributed by atoms with Gasteiger partial charge in [-0.2, -0.15) is 13.2 Å². The predicted octanol–water partition coefficient (Wildman–Crippen LogP) is 4.56. The van der Waals surface area contributed by atoms with Crippen LogP contribution in [0.25, 0.3) is 10.4 Å². The molecule has 182 valence electrons. The molecule has 1 amide bonds. The summed E-state index contributed by atoms with van der Waals surface area (Å²) in [6.45, 7) is 3.19. The fraction of sp³-hybridized carbons (Fsp3) is 0.158. The zero-order chi connectivity index (χ0) is 25.7. The van der Waals surface area contributed by atoms with E-state index < -0.39 is 22.2 Å². The number of pyridine rings is 1. The Bertz CT molecular complexity index is 1300. The van der Waals surface area contributed by atoms with E-state index in [9.17, 15) is 26.4 Å². The molecule has 34 heavy (non-hydrogen) atoms. The molecule has 0 unspecified atom stereocenters. The molecule has 0 fully saturated rings. The van der Waals surface area contributed by atoms with Crippen molar-refractivity contribution in [1.29, 1.82) is 0 Å². The summed E-state index contributed by atoms with van der Waals surface area (Å²) in [5.41, 5.74) is 1.48. The lowest BCUT2D eigenvalue weighted by Gasteiger charge is -2.10. The second kappa shape index (κ2) is 10.8. The third-order valence-electron chi connectivity index (χ3n) is 3.72. The molecule has 3 rings (SSSR count). The van der Waals surface area contributed by atoms with Crippen LogP contribution < -0.4 is 10.0 Å². The van der Waals surface area contributed by atoms with Crippen molar-refractivity contribution in [2.45, 2.75) is 24.9 Å². The largest absolute Gasteiger partial charge is 0.490 e. The Morgan fingerprint density at radius 3 is 2.29 bits per heavy atom. The van der Waals surface area contributed by atoms with Gasteiger partial charge in [0.25, 0.3) is 10.0 Å². The number of amides is 1. The van der Waals surface area contributed by atoms with Crippen molar-refractivity contribution in [3.63, 3.8) is 0 Å². The van der Waals surface area contributed by atoms with Crippen molar-refractivity contribution in [3.05, 3.63) is 53.4 Å². The standard InChI is InChI=1S/C17H15ClN4O3S2.C2HF3O2/c1-10-15(26-17(20-10)21-11(2)23)12-8-14(16(18)19-9-12)22-27(24,25)13-6-4-3-5-7-13;3-2(4,5)1(6)7/h3-9,22H,1-2H3,(H,20,21,23);(H,6,7). The summed E-state index contributed by atoms with van der Waals surface area (Å²) in [6, 6.07) is 9.56. The summed E-state index contributed by atoms with van der Waals surface area (Å²) in [5.74, 6) is -2.98. The van der Waals surface area contributed by atoms with Crippen LogP contribution in [-0.4, -0.2) is 41.5 Å². The molecule has 0 spiro atoms. The number of carboxylic acids is 1. The molecule has 1 aromatic carbocycles. The molecule has 0 aliphatic rings. The Morgan fingerprint density at radius 1 is 1.18 bits per heavy atom. The molecule has 3 aromatic rings. The second-order valence-corrected chi connectivity index (χ2v) is 9.44. The highest BCUT2D eigenvalue weighted by atomic mass is 35.5. The van der Waals surface area contributed by atoms with E-state index in [0.29, 0.717) is 16.4 Å². The summed E-state index contributed by atoms with van der Waals surface area (Å²) in [4.78, 5) is 29.3. The van der Waals surface area contributed by atoms with Crippen molar-refractivity contribution in [3.8, 4) is 10.4 Å². The van der Waals surface area contributed by atoms with Crippen LogP contribution in [-0.2, 0) is 19.6 Å². The number of benzene rings is 1. The zero-order valence-electron chi connectivity index (χ0n) is 17.3. The highest BCUT2D eigenvalue weighted by molar-refractivity contribution is 7.92. The maximum absolute atomic E-state index is 12.5. The lowest BCUT2D eigenvalue weighted by atomic mass is 10.2. The van der Waals surface area contributed by atoms with Gasteiger partial charge in [-0.15, -0.1) is 0 Å². The first kappa shape index (κ1) is 27.0. The number of sulfonamides is 1. The summed E-state index contributed by atoms with van der Waals surface area (Å²) >= 11 is 7.35. The number of aryl methyl sites for hydroxylation is 1. The number of aromatic nitrogens is 2. The van der Waals surface area contributed by atoms with Crippen LogP contribution in [0.2, 0.25) is 5.15 Å². The number of hydrogen-bond acceptors (Lipinski definition) is 7. The van der Waals surface area contributed by atoms with E-state index in [1.165, 1.54) is 36.6 Å². The number of hydrogen-bond donors (Lipinski definition) is 3. The highest BCUT2D eigenvalue weighted by Crippen LogP contribution is 2.35. The van der Waals surface area contributed by atoms with Gasteiger partial charge in [-0.3, -0.25) is 9.52 Å². The van der Waals surface area contributed by atoms with Gasteiger partial charge in [0, 0.05) is 18.7 Å². The number of carbonyl (C=O) groups is 2. The third kappa shape index (κ3) is 7.40. The molecule has 9 nitrogen and oxygen atoms in total. The quantitative estimate of drug-likeness (QED) is 0.406. The number of halogens is 4. The Hall–Kier alpha value is -3.23. The van der Waals surface area contributed by atoms with E-state index >= 15 is 0 Å². The van der Waals surface area contributed by atoms with Crippen LogP contribution in [0.3, 0.4) is 0 Å². The Morgan fingerprint density at radius 2 is 1.76 bits per heavy atom. The van der Waals surface area contributed by atoms with Crippen molar-refractivity contribution in [1.82, 2.24) is 9.97 Å². The molecule has 2 heterocycles. The van der Waals surface area contributed by atoms with Gasteiger partial charge in [0.2, 0.25) is 5.91 Å². The van der Waals surface area contributed by atoms with Crippen molar-refractivity contribution in [2.24, 2.45) is 0 Å². The fourth-order valence-electron chi connectivity index (χ4n) is 2.32. The minimum atomic E-state index is -5.08. The average molecular weight is 537 g/mol. The zero-order valence-corrected chi connectivity index (χ0v) is 19.7. The smallest absolute Gasteiger partial charge is 0.475 e. The molecule has 15 heteroatoms. The van der Waals surface area contributed by atoms with Gasteiger partial charge in [0.05, 0.1) is 21.2 Å². The van der Waals surface area contributed by atoms with Crippen LogP contribution in [0, 0.1) is 6.92 Å². The van der Waals surface area contributed by atoms with E-state index in [2.05, 4.69) is 20.0 Å². The molecule has 0 aliphatic heterocycles. The van der Waals surface area contributed by atoms with E-state index in [0.717, 1.165) is 4.88 Å². The highest BCUT2D eigenvalue weighted by Gasteiger charge is 2.38. The number of thiazole rings is 1. The van der Waals surface area contributed by atoms with Crippen LogP contribution >= 0.6 is 22.9 Å². The normalized spacial score (nSPS) is 11.2. The molecule has 0 saturated heterocycles. The van der Waals surface area contributed by atoms with Crippen LogP contribution in [0.1, 0.15) is 12.6 Å². The Balaban J connectivity index is 0.000000509. The van der Waals surface area contributed by atoms with E-state index in [4.69, 9.17) is 21.5 Å². The maximum Gasteiger partial charge on any atom is 0.490 e. The SMILES string of the molecule is CC(=O)Nc1nc(C)c(-c2cnc(Cl)c(NS(=O)(=O)c3ccccc3)c2)s1.O=C(O)C(F)(F)F. The van der Waals surface area contributed by atoms with E-state index in [1.807, 2.05) is 0 Å². The van der Waals surface area contributed by atoms with Crippen molar-refractivity contribution in [2.75, 3.05) is 10.0 Å². The monoisotopic (exact) mass is 536 g/mol. The molecule has 0 aliphatic carbocycles. The number of nitrogens with one attached hydrogen (secondary N) is 2. The summed E-state index contributed by atoms with van der Waals surface area (Å²) in [6.07, 6.45) is -3.55.